The van der Waals surface area contributed by atoms with Gasteiger partial charge in [-0.25, -0.2) is 0 Å². The van der Waals surface area contributed by atoms with Crippen molar-refractivity contribution >= 4 is 22.6 Å². The molecule has 2 aromatic rings. The van der Waals surface area contributed by atoms with Crippen LogP contribution in [-0.2, 0) is 4.79 Å². The van der Waals surface area contributed by atoms with Gasteiger partial charge in [0.25, 0.3) is 0 Å². The number of nitrogens with zero attached hydrogens (tertiary/aromatic N) is 5. The SMILES string of the molecule is C[C@H]1CN(c2ccc(C#N)c3nccnc23)C[C@@H]1C(=O)NC1CCN(C2CCNCC2)CC1. The van der Waals surface area contributed by atoms with E-state index < -0.39 is 0 Å². The number of nitriles is 1. The fourth-order valence-corrected chi connectivity index (χ4v) is 5.78. The van der Waals surface area contributed by atoms with Crippen LogP contribution in [0.25, 0.3) is 11.0 Å². The number of likely N-dealkylation sites (tertiary alicyclic amines) is 1. The van der Waals surface area contributed by atoms with Crippen LogP contribution in [0.3, 0.4) is 0 Å². The van der Waals surface area contributed by atoms with E-state index in [4.69, 9.17) is 0 Å². The maximum atomic E-state index is 13.2. The lowest BCUT2D eigenvalue weighted by Gasteiger charge is -2.39. The summed E-state index contributed by atoms with van der Waals surface area (Å²) in [6.07, 6.45) is 7.83. The molecule has 0 radical (unpaired) electrons. The second-order valence-corrected chi connectivity index (χ2v) is 9.79. The molecule has 4 heterocycles. The summed E-state index contributed by atoms with van der Waals surface area (Å²) in [4.78, 5) is 27.0. The zero-order valence-corrected chi connectivity index (χ0v) is 19.3. The average Bonchev–Trinajstić information content (AvgIpc) is 3.25. The highest BCUT2D eigenvalue weighted by Gasteiger charge is 2.37. The third-order valence-electron chi connectivity index (χ3n) is 7.72. The molecule has 0 bridgehead atoms. The fraction of sp³-hybridized carbons (Fsp3) is 0.600. The van der Waals surface area contributed by atoms with Crippen LogP contribution in [0.15, 0.2) is 24.5 Å². The van der Waals surface area contributed by atoms with Crippen LogP contribution >= 0.6 is 0 Å². The summed E-state index contributed by atoms with van der Waals surface area (Å²) >= 11 is 0. The standard InChI is InChI=1S/C25H33N7O/c1-17-15-32(22-3-2-18(14-26)23-24(22)29-11-10-28-23)16-21(17)25(33)30-19-6-12-31(13-7-19)20-4-8-27-9-5-20/h2-3,10-11,17,19-21,27H,4-9,12-13,15-16H2,1H3,(H,30,33)/t17-,21-/m0/s1. The first kappa shape index (κ1) is 22.1. The summed E-state index contributed by atoms with van der Waals surface area (Å²) in [7, 11) is 0. The maximum Gasteiger partial charge on any atom is 0.225 e. The molecule has 1 aromatic carbocycles. The number of amides is 1. The van der Waals surface area contributed by atoms with Crippen molar-refractivity contribution in [1.29, 1.82) is 5.26 Å². The number of benzene rings is 1. The van der Waals surface area contributed by atoms with Crippen LogP contribution in [0.1, 0.15) is 38.2 Å². The molecule has 1 aromatic heterocycles. The van der Waals surface area contributed by atoms with Gasteiger partial charge in [0.2, 0.25) is 5.91 Å². The summed E-state index contributed by atoms with van der Waals surface area (Å²) in [6, 6.07) is 6.93. The number of carbonyl (C=O) groups is 1. The van der Waals surface area contributed by atoms with E-state index in [0.29, 0.717) is 23.7 Å². The number of fused-ring (bicyclic) bond motifs is 1. The highest BCUT2D eigenvalue weighted by molar-refractivity contribution is 5.92. The number of rotatable bonds is 4. The van der Waals surface area contributed by atoms with Gasteiger partial charge in [-0.3, -0.25) is 14.8 Å². The summed E-state index contributed by atoms with van der Waals surface area (Å²) in [5.74, 6) is 0.381. The van der Waals surface area contributed by atoms with Crippen molar-refractivity contribution in [3.8, 4) is 6.07 Å². The Morgan fingerprint density at radius 1 is 1.09 bits per heavy atom. The predicted octanol–water partition coefficient (Wildman–Crippen LogP) is 1.91. The first-order valence-corrected chi connectivity index (χ1v) is 12.3. The lowest BCUT2D eigenvalue weighted by molar-refractivity contribution is -0.126. The van der Waals surface area contributed by atoms with E-state index >= 15 is 0 Å². The van der Waals surface area contributed by atoms with Crippen LogP contribution < -0.4 is 15.5 Å². The molecule has 0 spiro atoms. The fourth-order valence-electron chi connectivity index (χ4n) is 5.78. The first-order valence-electron chi connectivity index (χ1n) is 12.3. The minimum Gasteiger partial charge on any atom is -0.369 e. The van der Waals surface area contributed by atoms with Gasteiger partial charge in [0, 0.05) is 50.7 Å². The first-order chi connectivity index (χ1) is 16.1. The van der Waals surface area contributed by atoms with Crippen molar-refractivity contribution < 1.29 is 4.79 Å². The van der Waals surface area contributed by atoms with E-state index in [9.17, 15) is 10.1 Å². The molecule has 2 N–H and O–H groups in total. The van der Waals surface area contributed by atoms with Gasteiger partial charge < -0.3 is 20.4 Å². The molecule has 8 heteroatoms. The number of nitrogens with one attached hydrogen (secondary N) is 2. The molecule has 3 aliphatic rings. The van der Waals surface area contributed by atoms with Gasteiger partial charge in [0.05, 0.1) is 17.2 Å². The Bertz CT molecular complexity index is 1040. The van der Waals surface area contributed by atoms with Crippen LogP contribution in [0, 0.1) is 23.2 Å². The van der Waals surface area contributed by atoms with Crippen LogP contribution in [0.5, 0.6) is 0 Å². The summed E-state index contributed by atoms with van der Waals surface area (Å²) in [5.41, 5.74) is 2.84. The number of hydrogen-bond donors (Lipinski definition) is 2. The lowest BCUT2D eigenvalue weighted by atomic mass is 9.95. The lowest BCUT2D eigenvalue weighted by Crippen LogP contribution is -2.51. The molecule has 2 atom stereocenters. The summed E-state index contributed by atoms with van der Waals surface area (Å²) < 4.78 is 0. The number of carbonyl (C=O) groups excluding carboxylic acids is 1. The minimum absolute atomic E-state index is 0.0465. The second-order valence-electron chi connectivity index (χ2n) is 9.79. The van der Waals surface area contributed by atoms with Gasteiger partial charge in [-0.15, -0.1) is 0 Å². The molecule has 3 fully saturated rings. The Morgan fingerprint density at radius 2 is 1.82 bits per heavy atom. The molecule has 0 aliphatic carbocycles. The molecule has 1 amide bonds. The zero-order chi connectivity index (χ0) is 22.8. The Morgan fingerprint density at radius 3 is 2.55 bits per heavy atom. The van der Waals surface area contributed by atoms with Gasteiger partial charge in [-0.1, -0.05) is 6.92 Å². The molecule has 0 unspecified atom stereocenters. The second kappa shape index (κ2) is 9.62. The topological polar surface area (TPSA) is 97.2 Å². The molecule has 33 heavy (non-hydrogen) atoms. The van der Waals surface area contributed by atoms with E-state index in [1.165, 1.54) is 12.8 Å². The Hall–Kier alpha value is -2.76. The van der Waals surface area contributed by atoms with Crippen LogP contribution in [-0.4, -0.2) is 72.1 Å². The van der Waals surface area contributed by atoms with E-state index in [1.807, 2.05) is 6.07 Å². The van der Waals surface area contributed by atoms with Crippen LogP contribution in [0.4, 0.5) is 5.69 Å². The van der Waals surface area contributed by atoms with Gasteiger partial charge in [0.1, 0.15) is 17.1 Å². The molecule has 8 nitrogen and oxygen atoms in total. The van der Waals surface area contributed by atoms with E-state index in [2.05, 4.69) is 43.4 Å². The van der Waals surface area contributed by atoms with E-state index in [-0.39, 0.29) is 23.8 Å². The van der Waals surface area contributed by atoms with Crippen LogP contribution in [0.2, 0.25) is 0 Å². The predicted molar refractivity (Wildman–Crippen MR) is 128 cm³/mol. The highest BCUT2D eigenvalue weighted by atomic mass is 16.2. The maximum absolute atomic E-state index is 13.2. The minimum atomic E-state index is -0.0465. The quantitative estimate of drug-likeness (QED) is 0.739. The van der Waals surface area contributed by atoms with Gasteiger partial charge >= 0.3 is 0 Å². The normalized spacial score (nSPS) is 25.3. The van der Waals surface area contributed by atoms with Crippen molar-refractivity contribution in [1.82, 2.24) is 25.5 Å². The Labute approximate surface area is 195 Å². The number of hydrogen-bond acceptors (Lipinski definition) is 7. The Kier molecular flexibility index (Phi) is 6.43. The monoisotopic (exact) mass is 447 g/mol. The third kappa shape index (κ3) is 4.53. The van der Waals surface area contributed by atoms with Gasteiger partial charge in [-0.2, -0.15) is 5.26 Å². The zero-order valence-electron chi connectivity index (χ0n) is 19.3. The van der Waals surface area contributed by atoms with Crippen molar-refractivity contribution in [3.63, 3.8) is 0 Å². The Balaban J connectivity index is 1.21. The summed E-state index contributed by atoms with van der Waals surface area (Å²) in [6.45, 7) is 8.02. The van der Waals surface area contributed by atoms with Gasteiger partial charge in [-0.05, 0) is 56.8 Å². The van der Waals surface area contributed by atoms with E-state index in [0.717, 1.165) is 56.8 Å². The number of aromatic nitrogens is 2. The number of anilines is 1. The van der Waals surface area contributed by atoms with Crippen molar-refractivity contribution in [3.05, 3.63) is 30.1 Å². The van der Waals surface area contributed by atoms with Crippen molar-refractivity contribution in [2.24, 2.45) is 11.8 Å². The molecular formula is C25H33N7O. The molecule has 174 valence electrons. The highest BCUT2D eigenvalue weighted by Crippen LogP contribution is 2.33. The summed E-state index contributed by atoms with van der Waals surface area (Å²) in [5, 5.41) is 16.2. The van der Waals surface area contributed by atoms with Gasteiger partial charge in [0.15, 0.2) is 0 Å². The van der Waals surface area contributed by atoms with E-state index in [1.54, 1.807) is 18.5 Å². The molecule has 3 aliphatic heterocycles. The molecule has 0 saturated carbocycles. The largest absolute Gasteiger partial charge is 0.369 e. The van der Waals surface area contributed by atoms with Crippen molar-refractivity contribution in [2.45, 2.75) is 44.7 Å². The molecular weight excluding hydrogens is 414 g/mol. The third-order valence-corrected chi connectivity index (χ3v) is 7.72. The smallest absolute Gasteiger partial charge is 0.225 e. The average molecular weight is 448 g/mol. The molecule has 3 saturated heterocycles. The molecule has 5 rings (SSSR count). The van der Waals surface area contributed by atoms with Crippen molar-refractivity contribution in [2.75, 3.05) is 44.2 Å². The number of piperidine rings is 2.